The topological polar surface area (TPSA) is 0 Å². The van der Waals surface area contributed by atoms with Gasteiger partial charge in [0.05, 0.1) is 0 Å². The van der Waals surface area contributed by atoms with Gasteiger partial charge in [0.2, 0.25) is 0 Å². The van der Waals surface area contributed by atoms with Crippen LogP contribution in [0.2, 0.25) is 0 Å². The van der Waals surface area contributed by atoms with Crippen molar-refractivity contribution in [2.24, 2.45) is 5.92 Å². The van der Waals surface area contributed by atoms with Gasteiger partial charge in [-0.1, -0.05) is 43.9 Å². The van der Waals surface area contributed by atoms with Crippen LogP contribution in [-0.4, -0.2) is 0 Å². The third-order valence-electron chi connectivity index (χ3n) is 2.07. The van der Waals surface area contributed by atoms with Gasteiger partial charge >= 0.3 is 0 Å². The Bertz CT molecular complexity index is 251. The van der Waals surface area contributed by atoms with Gasteiger partial charge in [0.15, 0.2) is 0 Å². The standard InChI is InChI=1S/C12H16/c1-4-6-12-9-10(3)7-8-11(12)5-2/h4-6,8-10H,2,7H2,1,3H3/b6-4-. The third-order valence-corrected chi connectivity index (χ3v) is 2.07. The Morgan fingerprint density at radius 1 is 1.50 bits per heavy atom. The molecule has 0 N–H and O–H groups in total. The van der Waals surface area contributed by atoms with Gasteiger partial charge in [-0.25, -0.2) is 0 Å². The molecule has 1 unspecified atom stereocenters. The third kappa shape index (κ3) is 1.97. The van der Waals surface area contributed by atoms with Gasteiger partial charge in [-0.3, -0.25) is 0 Å². The van der Waals surface area contributed by atoms with Crippen LogP contribution in [0.3, 0.4) is 0 Å². The fourth-order valence-corrected chi connectivity index (χ4v) is 1.43. The van der Waals surface area contributed by atoms with E-state index in [-0.39, 0.29) is 0 Å². The molecule has 0 aromatic heterocycles. The second-order valence-electron chi connectivity index (χ2n) is 3.20. The van der Waals surface area contributed by atoms with Gasteiger partial charge in [0.25, 0.3) is 0 Å². The zero-order valence-corrected chi connectivity index (χ0v) is 7.88. The highest BCUT2D eigenvalue weighted by Crippen LogP contribution is 2.24. The molecular formula is C12H16. The Hall–Kier alpha value is -1.04. The Morgan fingerprint density at radius 2 is 2.25 bits per heavy atom. The van der Waals surface area contributed by atoms with E-state index in [1.54, 1.807) is 0 Å². The molecule has 0 spiro atoms. The molecule has 0 aromatic rings. The van der Waals surface area contributed by atoms with E-state index >= 15 is 0 Å². The first kappa shape index (κ1) is 9.05. The number of allylic oxidation sites excluding steroid dienone is 7. The average Bonchev–Trinajstić information content (AvgIpc) is 2.05. The fraction of sp³-hybridized carbons (Fsp3) is 0.333. The SMILES string of the molecule is C=CC1=CCC(C)C=C1/C=C\C. The van der Waals surface area contributed by atoms with Gasteiger partial charge in [-0.05, 0) is 30.4 Å². The molecule has 0 fully saturated rings. The summed E-state index contributed by atoms with van der Waals surface area (Å²) >= 11 is 0. The van der Waals surface area contributed by atoms with Gasteiger partial charge in [0.1, 0.15) is 0 Å². The molecule has 0 saturated carbocycles. The van der Waals surface area contributed by atoms with E-state index in [0.29, 0.717) is 5.92 Å². The van der Waals surface area contributed by atoms with E-state index < -0.39 is 0 Å². The lowest BCUT2D eigenvalue weighted by Gasteiger charge is -2.14. The molecule has 64 valence electrons. The van der Waals surface area contributed by atoms with Crippen LogP contribution in [0.25, 0.3) is 0 Å². The first-order valence-electron chi connectivity index (χ1n) is 4.45. The molecule has 0 amide bonds. The quantitative estimate of drug-likeness (QED) is 0.578. The minimum atomic E-state index is 0.667. The molecule has 0 nitrogen and oxygen atoms in total. The highest BCUT2D eigenvalue weighted by Gasteiger charge is 2.07. The monoisotopic (exact) mass is 160 g/mol. The summed E-state index contributed by atoms with van der Waals surface area (Å²) < 4.78 is 0. The molecule has 0 radical (unpaired) electrons. The van der Waals surface area contributed by atoms with Crippen LogP contribution in [-0.2, 0) is 0 Å². The zero-order valence-electron chi connectivity index (χ0n) is 7.88. The van der Waals surface area contributed by atoms with Crippen LogP contribution in [0.5, 0.6) is 0 Å². The number of rotatable bonds is 2. The summed E-state index contributed by atoms with van der Waals surface area (Å²) in [5, 5.41) is 0. The summed E-state index contributed by atoms with van der Waals surface area (Å²) in [7, 11) is 0. The minimum Gasteiger partial charge on any atom is -0.0985 e. The summed E-state index contributed by atoms with van der Waals surface area (Å²) in [6.45, 7) is 8.08. The molecule has 0 aliphatic heterocycles. The van der Waals surface area contributed by atoms with Gasteiger partial charge in [0, 0.05) is 0 Å². The van der Waals surface area contributed by atoms with Gasteiger partial charge in [-0.15, -0.1) is 0 Å². The van der Waals surface area contributed by atoms with Crippen LogP contribution in [0, 0.1) is 5.92 Å². The van der Waals surface area contributed by atoms with E-state index in [0.717, 1.165) is 6.42 Å². The van der Waals surface area contributed by atoms with Gasteiger partial charge < -0.3 is 0 Å². The lowest BCUT2D eigenvalue weighted by Crippen LogP contribution is -1.98. The molecule has 0 aromatic carbocycles. The molecule has 1 atom stereocenters. The normalized spacial score (nSPS) is 23.7. The second kappa shape index (κ2) is 4.10. The van der Waals surface area contributed by atoms with Crippen molar-refractivity contribution in [3.8, 4) is 0 Å². The highest BCUT2D eigenvalue weighted by atomic mass is 14.1. The van der Waals surface area contributed by atoms with Crippen LogP contribution in [0.4, 0.5) is 0 Å². The summed E-state index contributed by atoms with van der Waals surface area (Å²) in [6.07, 6.45) is 11.8. The molecule has 0 heterocycles. The first-order valence-corrected chi connectivity index (χ1v) is 4.45. The summed E-state index contributed by atoms with van der Waals surface area (Å²) in [5.41, 5.74) is 2.58. The van der Waals surface area contributed by atoms with E-state index in [2.05, 4.69) is 37.8 Å². The van der Waals surface area contributed by atoms with Crippen molar-refractivity contribution >= 4 is 0 Å². The Kier molecular flexibility index (Phi) is 3.09. The fourth-order valence-electron chi connectivity index (χ4n) is 1.43. The number of hydrogen-bond donors (Lipinski definition) is 0. The highest BCUT2D eigenvalue weighted by molar-refractivity contribution is 5.47. The minimum absolute atomic E-state index is 0.667. The van der Waals surface area contributed by atoms with E-state index in [4.69, 9.17) is 0 Å². The van der Waals surface area contributed by atoms with Crippen molar-refractivity contribution in [1.82, 2.24) is 0 Å². The molecule has 0 saturated heterocycles. The Morgan fingerprint density at radius 3 is 2.83 bits per heavy atom. The molecule has 12 heavy (non-hydrogen) atoms. The van der Waals surface area contributed by atoms with Crippen molar-refractivity contribution in [2.45, 2.75) is 20.3 Å². The van der Waals surface area contributed by atoms with Crippen LogP contribution >= 0.6 is 0 Å². The van der Waals surface area contributed by atoms with Crippen molar-refractivity contribution in [2.75, 3.05) is 0 Å². The van der Waals surface area contributed by atoms with Gasteiger partial charge in [-0.2, -0.15) is 0 Å². The lowest BCUT2D eigenvalue weighted by molar-refractivity contribution is 0.728. The van der Waals surface area contributed by atoms with Crippen LogP contribution in [0.15, 0.2) is 48.1 Å². The molecule has 0 bridgehead atoms. The largest absolute Gasteiger partial charge is 0.0985 e. The van der Waals surface area contributed by atoms with Crippen molar-refractivity contribution in [1.29, 1.82) is 0 Å². The smallest absolute Gasteiger partial charge is 0.0218 e. The second-order valence-corrected chi connectivity index (χ2v) is 3.20. The van der Waals surface area contributed by atoms with Crippen molar-refractivity contribution in [3.63, 3.8) is 0 Å². The predicted molar refractivity (Wildman–Crippen MR) is 55.0 cm³/mol. The Balaban J connectivity index is 2.90. The maximum absolute atomic E-state index is 3.80. The number of hydrogen-bond acceptors (Lipinski definition) is 0. The van der Waals surface area contributed by atoms with Crippen molar-refractivity contribution < 1.29 is 0 Å². The molecule has 1 rings (SSSR count). The first-order chi connectivity index (χ1) is 5.77. The van der Waals surface area contributed by atoms with Crippen LogP contribution < -0.4 is 0 Å². The van der Waals surface area contributed by atoms with Crippen molar-refractivity contribution in [3.05, 3.63) is 48.1 Å². The van der Waals surface area contributed by atoms with E-state index in [1.165, 1.54) is 11.1 Å². The van der Waals surface area contributed by atoms with E-state index in [1.807, 2.05) is 13.0 Å². The maximum atomic E-state index is 3.80. The zero-order chi connectivity index (χ0) is 8.97. The maximum Gasteiger partial charge on any atom is -0.0218 e. The lowest BCUT2D eigenvalue weighted by atomic mass is 9.91. The average molecular weight is 160 g/mol. The summed E-state index contributed by atoms with van der Waals surface area (Å²) in [5.74, 6) is 0.667. The Labute approximate surface area is 75.0 Å². The van der Waals surface area contributed by atoms with Crippen LogP contribution in [0.1, 0.15) is 20.3 Å². The molecular weight excluding hydrogens is 144 g/mol. The molecule has 1 aliphatic rings. The molecule has 0 heteroatoms. The summed E-state index contributed by atoms with van der Waals surface area (Å²) in [4.78, 5) is 0. The van der Waals surface area contributed by atoms with E-state index in [9.17, 15) is 0 Å². The summed E-state index contributed by atoms with van der Waals surface area (Å²) in [6, 6.07) is 0. The molecule has 1 aliphatic carbocycles. The predicted octanol–water partition coefficient (Wildman–Crippen LogP) is 3.64.